The molecule has 0 fully saturated rings. The first-order chi connectivity index (χ1) is 4.94. The molecule has 0 saturated heterocycles. The van der Waals surface area contributed by atoms with Gasteiger partial charge in [-0.15, -0.1) is 0 Å². The molecule has 2 N–H and O–H groups in total. The van der Waals surface area contributed by atoms with Crippen molar-refractivity contribution in [1.29, 1.82) is 0 Å². The zero-order valence-electron chi connectivity index (χ0n) is 6.57. The van der Waals surface area contributed by atoms with E-state index in [1.165, 1.54) is 19.9 Å². The smallest absolute Gasteiger partial charge is 0.132 e. The molecule has 0 aromatic carbocycles. The van der Waals surface area contributed by atoms with Crippen molar-refractivity contribution in [1.82, 2.24) is 0 Å². The summed E-state index contributed by atoms with van der Waals surface area (Å²) < 4.78 is 26.0. The summed E-state index contributed by atoms with van der Waals surface area (Å²) in [6, 6.07) is 0. The number of hydrogen-bond acceptors (Lipinski definition) is 1. The van der Waals surface area contributed by atoms with Crippen molar-refractivity contribution in [3.8, 4) is 0 Å². The normalized spacial score (nSPS) is 29.3. The van der Waals surface area contributed by atoms with Gasteiger partial charge in [0.1, 0.15) is 12.0 Å². The van der Waals surface area contributed by atoms with Gasteiger partial charge >= 0.3 is 0 Å². The van der Waals surface area contributed by atoms with Crippen molar-refractivity contribution >= 4 is 0 Å². The van der Waals surface area contributed by atoms with Crippen molar-refractivity contribution in [3.63, 3.8) is 0 Å². The van der Waals surface area contributed by atoms with E-state index in [2.05, 4.69) is 0 Å². The first kappa shape index (κ1) is 8.24. The molecular formula is C8H11F2N. The summed E-state index contributed by atoms with van der Waals surface area (Å²) in [6.07, 6.45) is 1.06. The minimum atomic E-state index is -1.33. The van der Waals surface area contributed by atoms with E-state index in [0.29, 0.717) is 0 Å². The van der Waals surface area contributed by atoms with Gasteiger partial charge in [-0.2, -0.15) is 0 Å². The van der Waals surface area contributed by atoms with Gasteiger partial charge in [0.05, 0.1) is 5.41 Å². The van der Waals surface area contributed by atoms with Crippen LogP contribution in [0.25, 0.3) is 0 Å². The van der Waals surface area contributed by atoms with Gasteiger partial charge in [-0.1, -0.05) is 13.8 Å². The molecule has 62 valence electrons. The summed E-state index contributed by atoms with van der Waals surface area (Å²) in [4.78, 5) is 0. The lowest BCUT2D eigenvalue weighted by Crippen LogP contribution is -2.28. The third-order valence-electron chi connectivity index (χ3n) is 1.94. The van der Waals surface area contributed by atoms with Crippen LogP contribution in [0.1, 0.15) is 13.8 Å². The van der Waals surface area contributed by atoms with Crippen molar-refractivity contribution < 1.29 is 8.78 Å². The maximum absolute atomic E-state index is 13.0. The van der Waals surface area contributed by atoms with Crippen molar-refractivity contribution in [2.75, 3.05) is 0 Å². The van der Waals surface area contributed by atoms with E-state index >= 15 is 0 Å². The van der Waals surface area contributed by atoms with Crippen LogP contribution in [0.15, 0.2) is 23.7 Å². The van der Waals surface area contributed by atoms with Crippen LogP contribution in [0.4, 0.5) is 8.78 Å². The summed E-state index contributed by atoms with van der Waals surface area (Å²) >= 11 is 0. The molecule has 0 aliphatic heterocycles. The summed E-state index contributed by atoms with van der Waals surface area (Å²) in [5, 5.41) is 0. The standard InChI is InChI=1S/C8H11F2N/c1-8(2)6(9)3-5(11)4-7(8)10/h3-4,6H,11H2,1-2H3. The second kappa shape index (κ2) is 2.32. The zero-order chi connectivity index (χ0) is 8.65. The van der Waals surface area contributed by atoms with E-state index in [9.17, 15) is 8.78 Å². The average Bonchev–Trinajstić information content (AvgIpc) is 1.84. The SMILES string of the molecule is CC1(C)C(F)=CC(N)=CC1F. The Kier molecular flexibility index (Phi) is 1.74. The minimum absolute atomic E-state index is 0.161. The van der Waals surface area contributed by atoms with E-state index in [1.54, 1.807) is 0 Å². The lowest BCUT2D eigenvalue weighted by molar-refractivity contribution is 0.189. The first-order valence-electron chi connectivity index (χ1n) is 3.43. The summed E-state index contributed by atoms with van der Waals surface area (Å²) in [7, 11) is 0. The monoisotopic (exact) mass is 159 g/mol. The highest BCUT2D eigenvalue weighted by atomic mass is 19.1. The fourth-order valence-electron chi connectivity index (χ4n) is 0.889. The highest BCUT2D eigenvalue weighted by molar-refractivity contribution is 5.29. The molecule has 0 spiro atoms. The van der Waals surface area contributed by atoms with Crippen LogP contribution in [-0.4, -0.2) is 6.17 Å². The second-order valence-electron chi connectivity index (χ2n) is 3.28. The third-order valence-corrected chi connectivity index (χ3v) is 1.94. The van der Waals surface area contributed by atoms with E-state index in [4.69, 9.17) is 5.73 Å². The molecule has 1 aliphatic carbocycles. The fraction of sp³-hybridized carbons (Fsp3) is 0.500. The van der Waals surface area contributed by atoms with Crippen LogP contribution in [0.5, 0.6) is 0 Å². The second-order valence-corrected chi connectivity index (χ2v) is 3.28. The summed E-state index contributed by atoms with van der Waals surface area (Å²) in [5.74, 6) is -0.495. The Bertz CT molecular complexity index is 228. The van der Waals surface area contributed by atoms with E-state index < -0.39 is 17.4 Å². The van der Waals surface area contributed by atoms with Crippen molar-refractivity contribution in [3.05, 3.63) is 23.7 Å². The number of rotatable bonds is 0. The van der Waals surface area contributed by atoms with Crippen molar-refractivity contribution in [2.45, 2.75) is 20.0 Å². The molecule has 1 unspecified atom stereocenters. The van der Waals surface area contributed by atoms with E-state index in [0.717, 1.165) is 6.08 Å². The predicted molar refractivity (Wildman–Crippen MR) is 40.1 cm³/mol. The van der Waals surface area contributed by atoms with Gasteiger partial charge in [-0.25, -0.2) is 8.78 Å². The maximum atomic E-state index is 13.0. The van der Waals surface area contributed by atoms with Crippen LogP contribution in [0.3, 0.4) is 0 Å². The Balaban J connectivity index is 3.01. The van der Waals surface area contributed by atoms with Crippen LogP contribution >= 0.6 is 0 Å². The number of alkyl halides is 1. The zero-order valence-corrected chi connectivity index (χ0v) is 6.57. The molecule has 1 aliphatic rings. The molecule has 0 radical (unpaired) electrons. The molecule has 0 bridgehead atoms. The molecule has 1 rings (SSSR count). The Morgan fingerprint density at radius 1 is 1.55 bits per heavy atom. The van der Waals surface area contributed by atoms with E-state index in [-0.39, 0.29) is 5.70 Å². The Hall–Kier alpha value is -0.860. The lowest BCUT2D eigenvalue weighted by Gasteiger charge is -2.28. The average molecular weight is 159 g/mol. The molecule has 1 atom stereocenters. The fourth-order valence-corrected chi connectivity index (χ4v) is 0.889. The van der Waals surface area contributed by atoms with Crippen LogP contribution in [0, 0.1) is 5.41 Å². The molecule has 1 nitrogen and oxygen atoms in total. The lowest BCUT2D eigenvalue weighted by atomic mass is 9.82. The molecule has 3 heteroatoms. The quantitative estimate of drug-likeness (QED) is 0.575. The highest BCUT2D eigenvalue weighted by Crippen LogP contribution is 2.37. The molecule has 0 aromatic rings. The van der Waals surface area contributed by atoms with Crippen LogP contribution in [0.2, 0.25) is 0 Å². The highest BCUT2D eigenvalue weighted by Gasteiger charge is 2.35. The molecule has 0 heterocycles. The van der Waals surface area contributed by atoms with Gasteiger partial charge in [0.25, 0.3) is 0 Å². The largest absolute Gasteiger partial charge is 0.399 e. The van der Waals surface area contributed by atoms with Gasteiger partial charge in [0.15, 0.2) is 0 Å². The Labute approximate surface area is 64.6 Å². The van der Waals surface area contributed by atoms with E-state index in [1.807, 2.05) is 0 Å². The van der Waals surface area contributed by atoms with Gasteiger partial charge < -0.3 is 5.73 Å². The number of allylic oxidation sites excluding steroid dienone is 3. The number of halogens is 2. The Morgan fingerprint density at radius 3 is 2.55 bits per heavy atom. The van der Waals surface area contributed by atoms with Gasteiger partial charge in [0.2, 0.25) is 0 Å². The molecule has 0 aromatic heterocycles. The number of hydrogen-bond donors (Lipinski definition) is 1. The molecule has 0 amide bonds. The van der Waals surface area contributed by atoms with Gasteiger partial charge in [0, 0.05) is 5.70 Å². The first-order valence-corrected chi connectivity index (χ1v) is 3.43. The molecule has 11 heavy (non-hydrogen) atoms. The van der Waals surface area contributed by atoms with Crippen LogP contribution in [-0.2, 0) is 0 Å². The molecular weight excluding hydrogens is 148 g/mol. The summed E-state index contributed by atoms with van der Waals surface area (Å²) in [6.45, 7) is 3.01. The van der Waals surface area contributed by atoms with Gasteiger partial charge in [-0.05, 0) is 12.2 Å². The third kappa shape index (κ3) is 1.27. The summed E-state index contributed by atoms with van der Waals surface area (Å²) in [5.41, 5.74) is 4.35. The topological polar surface area (TPSA) is 26.0 Å². The molecule has 0 saturated carbocycles. The Morgan fingerprint density at radius 2 is 2.09 bits per heavy atom. The number of nitrogens with two attached hydrogens (primary N) is 1. The van der Waals surface area contributed by atoms with Gasteiger partial charge in [-0.3, -0.25) is 0 Å². The minimum Gasteiger partial charge on any atom is -0.399 e. The maximum Gasteiger partial charge on any atom is 0.132 e. The van der Waals surface area contributed by atoms with Crippen molar-refractivity contribution in [2.24, 2.45) is 11.1 Å². The predicted octanol–water partition coefficient (Wildman–Crippen LogP) is 2.06. The van der Waals surface area contributed by atoms with Crippen LogP contribution < -0.4 is 5.73 Å².